The van der Waals surface area contributed by atoms with Crippen molar-refractivity contribution in [1.29, 1.82) is 0 Å². The van der Waals surface area contributed by atoms with Crippen molar-refractivity contribution in [1.82, 2.24) is 0 Å². The highest BCUT2D eigenvalue weighted by Crippen LogP contribution is 2.44. The van der Waals surface area contributed by atoms with Crippen LogP contribution in [0.4, 0.5) is 0 Å². The van der Waals surface area contributed by atoms with Crippen molar-refractivity contribution < 1.29 is 42.8 Å². The third-order valence-electron chi connectivity index (χ3n) is 5.45. The second-order valence-corrected chi connectivity index (χ2v) is 9.39. The van der Waals surface area contributed by atoms with Crippen LogP contribution < -0.4 is 0 Å². The minimum atomic E-state index is -1.57. The SMILES string of the molecule is COC(=O)CC(=O)[C@@H]1O[C@@]2(C)O[C@@H]([C@H](OCc3ccccc3)C(=O)OC(C)(C)C)[C@@H](C)[C@@H]1O2. The van der Waals surface area contributed by atoms with Crippen molar-refractivity contribution in [3.63, 3.8) is 0 Å². The molecule has 0 spiro atoms. The highest BCUT2D eigenvalue weighted by molar-refractivity contribution is 5.98. The van der Waals surface area contributed by atoms with Gasteiger partial charge < -0.3 is 28.4 Å². The van der Waals surface area contributed by atoms with E-state index in [0.717, 1.165) is 5.56 Å². The number of hydrogen-bond acceptors (Lipinski definition) is 9. The Bertz CT molecular complexity index is 862. The summed E-state index contributed by atoms with van der Waals surface area (Å²) in [5.74, 6) is -3.80. The van der Waals surface area contributed by atoms with Crippen LogP contribution in [0.1, 0.15) is 46.6 Å². The zero-order valence-corrected chi connectivity index (χ0v) is 19.9. The van der Waals surface area contributed by atoms with Gasteiger partial charge in [-0.15, -0.1) is 0 Å². The zero-order chi connectivity index (χ0) is 24.4. The lowest BCUT2D eigenvalue weighted by Crippen LogP contribution is -2.55. The fourth-order valence-corrected chi connectivity index (χ4v) is 3.93. The number of methoxy groups -OCH3 is 1. The molecular formula is C24H32O9. The van der Waals surface area contributed by atoms with E-state index in [9.17, 15) is 14.4 Å². The number of fused-ring (bicyclic) bond motifs is 2. The summed E-state index contributed by atoms with van der Waals surface area (Å²) in [6.45, 7) is 8.76. The van der Waals surface area contributed by atoms with Gasteiger partial charge in [-0.1, -0.05) is 37.3 Å². The van der Waals surface area contributed by atoms with Gasteiger partial charge in [0.2, 0.25) is 0 Å². The van der Waals surface area contributed by atoms with E-state index in [0.29, 0.717) is 0 Å². The summed E-state index contributed by atoms with van der Waals surface area (Å²) in [7, 11) is 1.21. The molecular weight excluding hydrogens is 432 g/mol. The summed E-state index contributed by atoms with van der Waals surface area (Å²) >= 11 is 0. The molecule has 1 aromatic carbocycles. The third kappa shape index (κ3) is 6.17. The molecule has 2 aliphatic heterocycles. The van der Waals surface area contributed by atoms with Crippen molar-refractivity contribution in [2.24, 2.45) is 5.92 Å². The average molecular weight is 465 g/mol. The quantitative estimate of drug-likeness (QED) is 0.424. The number of ketones is 1. The second kappa shape index (κ2) is 9.89. The number of ether oxygens (including phenoxy) is 6. The van der Waals surface area contributed by atoms with Crippen molar-refractivity contribution in [3.05, 3.63) is 35.9 Å². The minimum absolute atomic E-state index is 0.158. The number of hydrogen-bond donors (Lipinski definition) is 0. The summed E-state index contributed by atoms with van der Waals surface area (Å²) < 4.78 is 33.9. The largest absolute Gasteiger partial charge is 0.469 e. The number of carbonyl (C=O) groups is 3. The molecule has 2 fully saturated rings. The molecule has 2 heterocycles. The van der Waals surface area contributed by atoms with Crippen LogP contribution in [0.3, 0.4) is 0 Å². The van der Waals surface area contributed by atoms with Crippen molar-refractivity contribution in [2.75, 3.05) is 7.11 Å². The number of benzene rings is 1. The fourth-order valence-electron chi connectivity index (χ4n) is 3.93. The van der Waals surface area contributed by atoms with Gasteiger partial charge in [0.15, 0.2) is 11.9 Å². The molecule has 3 rings (SSSR count). The Morgan fingerprint density at radius 2 is 1.76 bits per heavy atom. The normalized spacial score (nSPS) is 29.9. The maximum absolute atomic E-state index is 13.1. The summed E-state index contributed by atoms with van der Waals surface area (Å²) in [5, 5.41) is 0. The van der Waals surface area contributed by atoms with E-state index < -0.39 is 66.1 Å². The molecule has 6 atom stereocenters. The first-order valence-corrected chi connectivity index (χ1v) is 10.9. The van der Waals surface area contributed by atoms with E-state index in [2.05, 4.69) is 4.74 Å². The maximum Gasteiger partial charge on any atom is 0.338 e. The Morgan fingerprint density at radius 1 is 1.09 bits per heavy atom. The molecule has 33 heavy (non-hydrogen) atoms. The van der Waals surface area contributed by atoms with Gasteiger partial charge in [0.05, 0.1) is 13.7 Å². The first-order chi connectivity index (χ1) is 15.4. The Labute approximate surface area is 193 Å². The average Bonchev–Trinajstić information content (AvgIpc) is 3.04. The van der Waals surface area contributed by atoms with Gasteiger partial charge in [-0.3, -0.25) is 9.59 Å². The van der Waals surface area contributed by atoms with Crippen LogP contribution in [0.15, 0.2) is 30.3 Å². The Morgan fingerprint density at radius 3 is 2.36 bits per heavy atom. The van der Waals surface area contributed by atoms with Crippen LogP contribution in [0.25, 0.3) is 0 Å². The number of esters is 2. The Kier molecular flexibility index (Phi) is 7.58. The van der Waals surface area contributed by atoms with Crippen molar-refractivity contribution in [3.8, 4) is 0 Å². The monoisotopic (exact) mass is 464 g/mol. The molecule has 0 amide bonds. The molecule has 9 heteroatoms. The Balaban J connectivity index is 1.83. The maximum atomic E-state index is 13.1. The zero-order valence-electron chi connectivity index (χ0n) is 19.9. The van der Waals surface area contributed by atoms with Gasteiger partial charge >= 0.3 is 11.9 Å². The van der Waals surface area contributed by atoms with Gasteiger partial charge in [-0.2, -0.15) is 0 Å². The molecule has 0 aromatic heterocycles. The molecule has 0 aliphatic carbocycles. The van der Waals surface area contributed by atoms with Gasteiger partial charge in [-0.05, 0) is 26.3 Å². The van der Waals surface area contributed by atoms with E-state index in [1.54, 1.807) is 27.7 Å². The van der Waals surface area contributed by atoms with Crippen LogP contribution in [0.2, 0.25) is 0 Å². The highest BCUT2D eigenvalue weighted by atomic mass is 16.9. The lowest BCUT2D eigenvalue weighted by atomic mass is 9.88. The first kappa shape index (κ1) is 25.3. The smallest absolute Gasteiger partial charge is 0.338 e. The van der Waals surface area contributed by atoms with Gasteiger partial charge in [-0.25, -0.2) is 4.79 Å². The molecule has 2 bridgehead atoms. The summed E-state index contributed by atoms with van der Waals surface area (Å²) in [4.78, 5) is 37.4. The van der Waals surface area contributed by atoms with Gasteiger partial charge in [0.1, 0.15) is 30.3 Å². The minimum Gasteiger partial charge on any atom is -0.469 e. The standard InChI is InChI=1S/C24H32O9/c1-14-18-20(16(25)12-17(26)28-6)32-24(5,30-18)31-19(14)21(22(27)33-23(2,3)4)29-13-15-10-8-7-9-11-15/h7-11,14,18-21H,12-13H2,1-6H3/t14-,18-,19+,20-,21-,24+/m0/s1. The molecule has 0 radical (unpaired) electrons. The number of Topliss-reactive ketones (excluding diaryl/α,β-unsaturated/α-hetero) is 1. The first-order valence-electron chi connectivity index (χ1n) is 10.9. The van der Waals surface area contributed by atoms with Crippen LogP contribution in [0.5, 0.6) is 0 Å². The lowest BCUT2D eigenvalue weighted by Gasteiger charge is -2.41. The topological polar surface area (TPSA) is 107 Å². The molecule has 0 N–H and O–H groups in total. The van der Waals surface area contributed by atoms with Crippen LogP contribution in [-0.2, 0) is 49.4 Å². The van der Waals surface area contributed by atoms with Crippen LogP contribution in [-0.4, -0.2) is 60.8 Å². The van der Waals surface area contributed by atoms with Gasteiger partial charge in [0.25, 0.3) is 5.97 Å². The molecule has 1 aromatic rings. The van der Waals surface area contributed by atoms with E-state index in [4.69, 9.17) is 23.7 Å². The van der Waals surface area contributed by atoms with Crippen LogP contribution in [0, 0.1) is 5.92 Å². The second-order valence-electron chi connectivity index (χ2n) is 9.39. The van der Waals surface area contributed by atoms with Crippen molar-refractivity contribution in [2.45, 2.75) is 83.6 Å². The number of rotatable bonds is 8. The number of carbonyl (C=O) groups excluding carboxylic acids is 3. The third-order valence-corrected chi connectivity index (χ3v) is 5.45. The predicted octanol–water partition coefficient (Wildman–Crippen LogP) is 2.54. The van der Waals surface area contributed by atoms with E-state index in [-0.39, 0.29) is 6.61 Å². The summed E-state index contributed by atoms with van der Waals surface area (Å²) in [6, 6.07) is 9.41. The summed E-state index contributed by atoms with van der Waals surface area (Å²) in [6.07, 6.45) is -4.14. The van der Waals surface area contributed by atoms with Gasteiger partial charge in [0, 0.05) is 12.8 Å². The highest BCUT2D eigenvalue weighted by Gasteiger charge is 2.60. The molecule has 0 unspecified atom stereocenters. The molecule has 2 saturated heterocycles. The molecule has 182 valence electrons. The fraction of sp³-hybridized carbons (Fsp3) is 0.625. The molecule has 2 aliphatic rings. The van der Waals surface area contributed by atoms with Crippen molar-refractivity contribution >= 4 is 17.7 Å². The summed E-state index contributed by atoms with van der Waals surface area (Å²) in [5.41, 5.74) is 0.139. The molecule has 9 nitrogen and oxygen atoms in total. The lowest BCUT2D eigenvalue weighted by molar-refractivity contribution is -0.384. The molecule has 0 saturated carbocycles. The van der Waals surface area contributed by atoms with E-state index in [1.807, 2.05) is 30.3 Å². The van der Waals surface area contributed by atoms with E-state index in [1.165, 1.54) is 14.0 Å². The Hall–Kier alpha value is -2.33. The van der Waals surface area contributed by atoms with Crippen LogP contribution >= 0.6 is 0 Å². The predicted molar refractivity (Wildman–Crippen MR) is 115 cm³/mol. The van der Waals surface area contributed by atoms with E-state index >= 15 is 0 Å².